The highest BCUT2D eigenvalue weighted by atomic mass is 16.5. The fourth-order valence-electron chi connectivity index (χ4n) is 2.72. The van der Waals surface area contributed by atoms with Gasteiger partial charge in [0.15, 0.2) is 0 Å². The number of hydrogen-bond acceptors (Lipinski definition) is 3. The predicted octanol–water partition coefficient (Wildman–Crippen LogP) is 5.39. The van der Waals surface area contributed by atoms with Gasteiger partial charge in [-0.05, 0) is 32.1 Å². The van der Waals surface area contributed by atoms with Crippen LogP contribution in [0.4, 0.5) is 0 Å². The lowest BCUT2D eigenvalue weighted by Gasteiger charge is -2.07. The second-order valence-electron chi connectivity index (χ2n) is 6.85. The summed E-state index contributed by atoms with van der Waals surface area (Å²) in [5.41, 5.74) is 0. The van der Waals surface area contributed by atoms with Crippen LogP contribution >= 0.6 is 0 Å². The number of unbranched alkanes of at least 4 members (excludes halogenated alkanes) is 12. The maximum absolute atomic E-state index is 9.11. The molecule has 0 amide bonds. The Morgan fingerprint density at radius 1 is 0.750 bits per heavy atom. The van der Waals surface area contributed by atoms with Crippen LogP contribution in [0.3, 0.4) is 0 Å². The molecule has 24 heavy (non-hydrogen) atoms. The summed E-state index contributed by atoms with van der Waals surface area (Å²) >= 11 is 0. The molecule has 0 aromatic rings. The van der Waals surface area contributed by atoms with Gasteiger partial charge in [0, 0.05) is 6.61 Å². The fraction of sp³-hybridized carbons (Fsp3) is 0.905. The third-order valence-electron chi connectivity index (χ3n) is 4.32. The zero-order valence-electron chi connectivity index (χ0n) is 16.1. The van der Waals surface area contributed by atoms with E-state index in [1.54, 1.807) is 0 Å². The lowest BCUT2D eigenvalue weighted by Crippen LogP contribution is -2.19. The van der Waals surface area contributed by atoms with Crippen LogP contribution in [-0.2, 0) is 4.74 Å². The van der Waals surface area contributed by atoms with Gasteiger partial charge in [0.25, 0.3) is 0 Å². The van der Waals surface area contributed by atoms with Crippen LogP contribution in [0.1, 0.15) is 96.8 Å². The van der Waals surface area contributed by atoms with Crippen LogP contribution in [-0.4, -0.2) is 36.1 Å². The van der Waals surface area contributed by atoms with Crippen molar-refractivity contribution in [1.29, 1.82) is 0 Å². The quantitative estimate of drug-likeness (QED) is 0.244. The van der Waals surface area contributed by atoms with Crippen molar-refractivity contribution < 1.29 is 14.9 Å². The molecular formula is C21H42O3. The number of aliphatic hydroxyl groups is 2. The molecule has 144 valence electrons. The first-order chi connectivity index (χ1) is 11.8. The smallest absolute Gasteiger partial charge is 0.100 e. The summed E-state index contributed by atoms with van der Waals surface area (Å²) in [6, 6.07) is 0. The SMILES string of the molecule is CCCCCC/C=C/CCCCCCCCCCOC[C@H](O)CO. The number of rotatable bonds is 19. The van der Waals surface area contributed by atoms with Crippen LogP contribution in [0, 0.1) is 0 Å². The third kappa shape index (κ3) is 19.7. The molecule has 3 nitrogen and oxygen atoms in total. The molecular weight excluding hydrogens is 300 g/mol. The number of aliphatic hydroxyl groups excluding tert-OH is 2. The molecule has 0 aromatic carbocycles. The monoisotopic (exact) mass is 342 g/mol. The van der Waals surface area contributed by atoms with E-state index in [2.05, 4.69) is 19.1 Å². The number of allylic oxidation sites excluding steroid dienone is 2. The van der Waals surface area contributed by atoms with E-state index in [0.717, 1.165) is 6.42 Å². The summed E-state index contributed by atoms with van der Waals surface area (Å²) < 4.78 is 5.29. The molecule has 0 fully saturated rings. The van der Waals surface area contributed by atoms with Crippen molar-refractivity contribution in [3.05, 3.63) is 12.2 Å². The summed E-state index contributed by atoms with van der Waals surface area (Å²) in [6.07, 6.45) is 22.3. The molecule has 0 bridgehead atoms. The largest absolute Gasteiger partial charge is 0.394 e. The van der Waals surface area contributed by atoms with Crippen molar-refractivity contribution in [1.82, 2.24) is 0 Å². The molecule has 2 N–H and O–H groups in total. The van der Waals surface area contributed by atoms with Crippen LogP contribution < -0.4 is 0 Å². The van der Waals surface area contributed by atoms with E-state index in [0.29, 0.717) is 6.61 Å². The van der Waals surface area contributed by atoms with Gasteiger partial charge in [-0.1, -0.05) is 76.9 Å². The Kier molecular flexibility index (Phi) is 20.3. The van der Waals surface area contributed by atoms with Crippen molar-refractivity contribution in [2.45, 2.75) is 103 Å². The fourth-order valence-corrected chi connectivity index (χ4v) is 2.72. The molecule has 0 aliphatic carbocycles. The Labute approximate surface area is 150 Å². The number of hydrogen-bond donors (Lipinski definition) is 2. The molecule has 0 radical (unpaired) electrons. The summed E-state index contributed by atoms with van der Waals surface area (Å²) in [7, 11) is 0. The van der Waals surface area contributed by atoms with Crippen molar-refractivity contribution >= 4 is 0 Å². The van der Waals surface area contributed by atoms with E-state index in [1.165, 1.54) is 83.5 Å². The van der Waals surface area contributed by atoms with Gasteiger partial charge in [0.05, 0.1) is 13.2 Å². The first kappa shape index (κ1) is 23.6. The van der Waals surface area contributed by atoms with Crippen molar-refractivity contribution in [3.8, 4) is 0 Å². The van der Waals surface area contributed by atoms with Gasteiger partial charge in [0.2, 0.25) is 0 Å². The average Bonchev–Trinajstić information content (AvgIpc) is 2.60. The van der Waals surface area contributed by atoms with E-state index in [9.17, 15) is 0 Å². The highest BCUT2D eigenvalue weighted by Gasteiger charge is 2.00. The third-order valence-corrected chi connectivity index (χ3v) is 4.32. The van der Waals surface area contributed by atoms with Gasteiger partial charge in [0.1, 0.15) is 6.10 Å². The second-order valence-corrected chi connectivity index (χ2v) is 6.85. The lowest BCUT2D eigenvalue weighted by atomic mass is 10.1. The molecule has 0 saturated heterocycles. The Balaban J connectivity index is 3.06. The van der Waals surface area contributed by atoms with Crippen LogP contribution in [0.25, 0.3) is 0 Å². The van der Waals surface area contributed by atoms with E-state index in [1.807, 2.05) is 0 Å². The molecule has 0 heterocycles. The summed E-state index contributed by atoms with van der Waals surface area (Å²) in [6.45, 7) is 3.00. The van der Waals surface area contributed by atoms with Gasteiger partial charge in [-0.15, -0.1) is 0 Å². The standard InChI is InChI=1S/C21H42O3/c1-2-3-4-5-6-7-8-9-10-11-12-13-14-15-16-17-18-24-20-21(23)19-22/h7-8,21-23H,2-6,9-20H2,1H3/b8-7+/t21-/m1/s1. The predicted molar refractivity (Wildman–Crippen MR) is 103 cm³/mol. The van der Waals surface area contributed by atoms with Crippen LogP contribution in [0.15, 0.2) is 12.2 Å². The van der Waals surface area contributed by atoms with Crippen LogP contribution in [0.2, 0.25) is 0 Å². The average molecular weight is 343 g/mol. The van der Waals surface area contributed by atoms with Crippen molar-refractivity contribution in [2.75, 3.05) is 19.8 Å². The molecule has 3 heteroatoms. The lowest BCUT2D eigenvalue weighted by molar-refractivity contribution is 0.00526. The molecule has 0 saturated carbocycles. The van der Waals surface area contributed by atoms with Gasteiger partial charge in [-0.3, -0.25) is 0 Å². The highest BCUT2D eigenvalue weighted by Crippen LogP contribution is 2.10. The van der Waals surface area contributed by atoms with E-state index >= 15 is 0 Å². The maximum Gasteiger partial charge on any atom is 0.100 e. The molecule has 0 aromatic heterocycles. The second kappa shape index (κ2) is 20.7. The zero-order valence-corrected chi connectivity index (χ0v) is 16.1. The Morgan fingerprint density at radius 3 is 1.79 bits per heavy atom. The van der Waals surface area contributed by atoms with Gasteiger partial charge < -0.3 is 14.9 Å². The topological polar surface area (TPSA) is 49.7 Å². The summed E-state index contributed by atoms with van der Waals surface area (Å²) in [4.78, 5) is 0. The van der Waals surface area contributed by atoms with Gasteiger partial charge in [-0.25, -0.2) is 0 Å². The van der Waals surface area contributed by atoms with E-state index in [4.69, 9.17) is 14.9 Å². The summed E-state index contributed by atoms with van der Waals surface area (Å²) in [5, 5.41) is 17.8. The molecule has 0 aliphatic rings. The minimum absolute atomic E-state index is 0.214. The first-order valence-electron chi connectivity index (χ1n) is 10.3. The Bertz CT molecular complexity index is 253. The van der Waals surface area contributed by atoms with Gasteiger partial charge in [-0.2, -0.15) is 0 Å². The van der Waals surface area contributed by atoms with Crippen molar-refractivity contribution in [2.24, 2.45) is 0 Å². The first-order valence-corrected chi connectivity index (χ1v) is 10.3. The summed E-state index contributed by atoms with van der Waals surface area (Å²) in [5.74, 6) is 0. The number of ether oxygens (including phenoxy) is 1. The maximum atomic E-state index is 9.11. The van der Waals surface area contributed by atoms with E-state index < -0.39 is 6.10 Å². The van der Waals surface area contributed by atoms with Gasteiger partial charge >= 0.3 is 0 Å². The molecule has 0 rings (SSSR count). The minimum atomic E-state index is -0.721. The minimum Gasteiger partial charge on any atom is -0.394 e. The van der Waals surface area contributed by atoms with Crippen molar-refractivity contribution in [3.63, 3.8) is 0 Å². The normalized spacial score (nSPS) is 13.0. The Hall–Kier alpha value is -0.380. The molecule has 0 unspecified atom stereocenters. The highest BCUT2D eigenvalue weighted by molar-refractivity contribution is 4.81. The van der Waals surface area contributed by atoms with E-state index in [-0.39, 0.29) is 13.2 Å². The molecule has 0 aliphatic heterocycles. The molecule has 0 spiro atoms. The Morgan fingerprint density at radius 2 is 1.25 bits per heavy atom. The zero-order chi connectivity index (χ0) is 17.7. The van der Waals surface area contributed by atoms with Crippen LogP contribution in [0.5, 0.6) is 0 Å². The molecule has 1 atom stereocenters.